The molecule has 1 saturated heterocycles. The zero-order valence-corrected chi connectivity index (χ0v) is 14.6. The second kappa shape index (κ2) is 7.47. The molecular weight excluding hydrogens is 308 g/mol. The molecule has 0 bridgehead atoms. The number of unbranched alkanes of at least 4 members (excludes halogenated alkanes) is 1. The van der Waals surface area contributed by atoms with E-state index >= 15 is 0 Å². The van der Waals surface area contributed by atoms with E-state index in [0.29, 0.717) is 23.3 Å². The number of hydrogen-bond donors (Lipinski definition) is 0. The van der Waals surface area contributed by atoms with Crippen LogP contribution in [0.5, 0.6) is 0 Å². The van der Waals surface area contributed by atoms with Gasteiger partial charge in [-0.2, -0.15) is 8.42 Å². The summed E-state index contributed by atoms with van der Waals surface area (Å²) in [5, 5.41) is 0.321. The summed E-state index contributed by atoms with van der Waals surface area (Å²) < 4.78 is 30.3. The quantitative estimate of drug-likeness (QED) is 0.637. The van der Waals surface area contributed by atoms with Gasteiger partial charge in [-0.1, -0.05) is 26.2 Å². The van der Waals surface area contributed by atoms with E-state index in [9.17, 15) is 13.2 Å². The van der Waals surface area contributed by atoms with Gasteiger partial charge in [-0.3, -0.25) is 0 Å². The van der Waals surface area contributed by atoms with Crippen LogP contribution in [0.1, 0.15) is 58.3 Å². The molecule has 2 fully saturated rings. The zero-order valence-electron chi connectivity index (χ0n) is 13.0. The summed E-state index contributed by atoms with van der Waals surface area (Å²) in [7, 11) is -5.27. The van der Waals surface area contributed by atoms with Crippen LogP contribution in [0.2, 0.25) is 0 Å². The Morgan fingerprint density at radius 1 is 1.19 bits per heavy atom. The van der Waals surface area contributed by atoms with Crippen LogP contribution in [0.25, 0.3) is 0 Å². The fourth-order valence-corrected chi connectivity index (χ4v) is 10.4. The Bertz CT molecular complexity index is 443. The fourth-order valence-electron chi connectivity index (χ4n) is 3.81. The molecule has 0 amide bonds. The summed E-state index contributed by atoms with van der Waals surface area (Å²) in [6.45, 7) is 1.97. The van der Waals surface area contributed by atoms with E-state index in [0.717, 1.165) is 31.3 Å². The van der Waals surface area contributed by atoms with Gasteiger partial charge in [0, 0.05) is 11.0 Å². The molecule has 1 aliphatic heterocycles. The van der Waals surface area contributed by atoms with Crippen LogP contribution in [-0.2, 0) is 18.5 Å². The molecule has 2 atom stereocenters. The van der Waals surface area contributed by atoms with Gasteiger partial charge in [0.15, 0.2) is 0 Å². The van der Waals surface area contributed by atoms with E-state index in [4.69, 9.17) is 3.63 Å². The first-order valence-corrected chi connectivity index (χ1v) is 11.7. The minimum absolute atomic E-state index is 0.0918. The van der Waals surface area contributed by atoms with Crippen LogP contribution in [0, 0.1) is 5.92 Å². The number of rotatable bonds is 8. The van der Waals surface area contributed by atoms with Gasteiger partial charge >= 0.3 is 0 Å². The highest BCUT2D eigenvalue weighted by Crippen LogP contribution is 2.64. The van der Waals surface area contributed by atoms with E-state index in [1.807, 2.05) is 6.92 Å². The average molecular weight is 337 g/mol. The Morgan fingerprint density at radius 2 is 1.90 bits per heavy atom. The first-order chi connectivity index (χ1) is 10.0. The molecule has 0 aromatic rings. The maximum absolute atomic E-state index is 12.3. The van der Waals surface area contributed by atoms with Crippen molar-refractivity contribution in [3.63, 3.8) is 0 Å². The number of carbonyl (C=O) groups excluding carboxylic acids is 1. The molecule has 1 heterocycles. The molecule has 124 valence electrons. The standard InChI is InChI=1S/C15H28O4S2/c1-2-3-12-21(17,18)19-20(13-10-16)11-6-9-15(20)14-7-4-5-8-14/h10,14-15H,2-9,11-13H2,1H3. The number of carbonyl (C=O) groups is 1. The van der Waals surface area contributed by atoms with Crippen molar-refractivity contribution in [1.29, 1.82) is 0 Å². The van der Waals surface area contributed by atoms with E-state index in [1.54, 1.807) is 0 Å². The third-order valence-corrected chi connectivity index (χ3v) is 10.9. The summed E-state index contributed by atoms with van der Waals surface area (Å²) in [6, 6.07) is 0. The number of aldehydes is 1. The number of hydrogen-bond acceptors (Lipinski definition) is 4. The topological polar surface area (TPSA) is 60.4 Å². The maximum atomic E-state index is 12.3. The normalized spacial score (nSPS) is 33.9. The van der Waals surface area contributed by atoms with Gasteiger partial charge in [-0.25, -0.2) is 3.63 Å². The van der Waals surface area contributed by atoms with Gasteiger partial charge in [0.05, 0.1) is 11.5 Å². The van der Waals surface area contributed by atoms with Crippen LogP contribution in [-0.4, -0.2) is 37.2 Å². The molecule has 0 aromatic heterocycles. The van der Waals surface area contributed by atoms with E-state index in [1.165, 1.54) is 25.7 Å². The Hall–Kier alpha value is -0.0700. The van der Waals surface area contributed by atoms with Gasteiger partial charge in [-0.15, -0.1) is 10.3 Å². The molecule has 6 heteroatoms. The summed E-state index contributed by atoms with van der Waals surface area (Å²) in [6.07, 6.45) is 9.23. The highest BCUT2D eigenvalue weighted by molar-refractivity contribution is 8.34. The third-order valence-electron chi connectivity index (χ3n) is 4.79. The van der Waals surface area contributed by atoms with E-state index < -0.39 is 20.4 Å². The van der Waals surface area contributed by atoms with E-state index in [2.05, 4.69) is 0 Å². The first kappa shape index (κ1) is 17.3. The minimum atomic E-state index is -3.49. The summed E-state index contributed by atoms with van der Waals surface area (Å²) >= 11 is 0. The van der Waals surface area contributed by atoms with Crippen molar-refractivity contribution >= 4 is 26.7 Å². The smallest absolute Gasteiger partial charge is 0.276 e. The minimum Gasteiger partial charge on any atom is -0.302 e. The lowest BCUT2D eigenvalue weighted by atomic mass is 10.0. The molecule has 1 saturated carbocycles. The molecule has 0 radical (unpaired) electrons. The van der Waals surface area contributed by atoms with Crippen molar-refractivity contribution in [1.82, 2.24) is 0 Å². The highest BCUT2D eigenvalue weighted by atomic mass is 32.3. The lowest BCUT2D eigenvalue weighted by Gasteiger charge is -2.41. The van der Waals surface area contributed by atoms with Crippen molar-refractivity contribution in [3.8, 4) is 0 Å². The molecule has 2 rings (SSSR count). The molecule has 2 unspecified atom stereocenters. The average Bonchev–Trinajstić information content (AvgIpc) is 3.05. The Labute approximate surface area is 130 Å². The molecule has 21 heavy (non-hydrogen) atoms. The second-order valence-electron chi connectivity index (χ2n) is 6.32. The summed E-state index contributed by atoms with van der Waals surface area (Å²) in [5.74, 6) is 1.76. The van der Waals surface area contributed by atoms with Crippen LogP contribution >= 0.6 is 10.3 Å². The Kier molecular flexibility index (Phi) is 6.15. The largest absolute Gasteiger partial charge is 0.302 e. The van der Waals surface area contributed by atoms with Crippen molar-refractivity contribution in [2.45, 2.75) is 63.5 Å². The molecule has 0 aromatic carbocycles. The van der Waals surface area contributed by atoms with Crippen molar-refractivity contribution in [2.24, 2.45) is 5.92 Å². The van der Waals surface area contributed by atoms with Crippen molar-refractivity contribution in [3.05, 3.63) is 0 Å². The summed E-state index contributed by atoms with van der Waals surface area (Å²) in [4.78, 5) is 11.2. The van der Waals surface area contributed by atoms with Crippen LogP contribution in [0.15, 0.2) is 0 Å². The highest BCUT2D eigenvalue weighted by Gasteiger charge is 2.46. The lowest BCUT2D eigenvalue weighted by molar-refractivity contribution is -0.105. The molecule has 0 N–H and O–H groups in total. The Morgan fingerprint density at radius 3 is 2.52 bits per heavy atom. The third kappa shape index (κ3) is 4.23. The van der Waals surface area contributed by atoms with Gasteiger partial charge in [0.25, 0.3) is 10.1 Å². The van der Waals surface area contributed by atoms with Gasteiger partial charge < -0.3 is 4.79 Å². The molecule has 2 aliphatic rings. The summed E-state index contributed by atoms with van der Waals surface area (Å²) in [5.41, 5.74) is 0. The zero-order chi connectivity index (χ0) is 15.3. The molecule has 1 aliphatic carbocycles. The van der Waals surface area contributed by atoms with Gasteiger partial charge in [0.1, 0.15) is 6.29 Å². The molecule has 0 spiro atoms. The van der Waals surface area contributed by atoms with Crippen LogP contribution in [0.4, 0.5) is 0 Å². The lowest BCUT2D eigenvalue weighted by Crippen LogP contribution is -2.29. The fraction of sp³-hybridized carbons (Fsp3) is 0.933. The van der Waals surface area contributed by atoms with Crippen molar-refractivity contribution in [2.75, 3.05) is 17.3 Å². The SMILES string of the molecule is CCCCS(=O)(=O)OS1(CC=O)CCCC1C1CCCC1. The maximum Gasteiger partial charge on any atom is 0.276 e. The van der Waals surface area contributed by atoms with Crippen LogP contribution in [0.3, 0.4) is 0 Å². The second-order valence-corrected chi connectivity index (χ2v) is 11.5. The predicted octanol–water partition coefficient (Wildman–Crippen LogP) is 3.40. The van der Waals surface area contributed by atoms with Gasteiger partial charge in [0.2, 0.25) is 0 Å². The van der Waals surface area contributed by atoms with Crippen molar-refractivity contribution < 1.29 is 16.8 Å². The van der Waals surface area contributed by atoms with E-state index in [-0.39, 0.29) is 5.75 Å². The van der Waals surface area contributed by atoms with Gasteiger partial charge in [-0.05, 0) is 38.0 Å². The van der Waals surface area contributed by atoms with Crippen LogP contribution < -0.4 is 0 Å². The Balaban J connectivity index is 2.16. The predicted molar refractivity (Wildman–Crippen MR) is 88.1 cm³/mol. The molecule has 4 nitrogen and oxygen atoms in total. The first-order valence-electron chi connectivity index (χ1n) is 8.18. The monoisotopic (exact) mass is 336 g/mol. The molecular formula is C15H28O4S2.